The first-order valence-electron chi connectivity index (χ1n) is 9.12. The van der Waals surface area contributed by atoms with E-state index in [-0.39, 0.29) is 24.2 Å². The van der Waals surface area contributed by atoms with E-state index < -0.39 is 0 Å². The number of amides is 2. The van der Waals surface area contributed by atoms with Crippen molar-refractivity contribution in [3.8, 4) is 11.3 Å². The van der Waals surface area contributed by atoms with Gasteiger partial charge in [0.05, 0.1) is 0 Å². The van der Waals surface area contributed by atoms with Crippen LogP contribution < -0.4 is 5.32 Å². The zero-order chi connectivity index (χ0) is 19.0. The topological polar surface area (TPSA) is 66.7 Å². The SMILES string of the molecule is Cc1cccn2c(NC(=O)C3CCN(C)C(=O)C3)c(-c3ccccc3)nc12. The zero-order valence-corrected chi connectivity index (χ0v) is 15.5. The number of piperidine rings is 1. The first-order valence-corrected chi connectivity index (χ1v) is 9.12. The first-order chi connectivity index (χ1) is 13.0. The number of nitrogens with zero attached hydrogens (tertiary/aromatic N) is 3. The normalized spacial score (nSPS) is 17.3. The lowest BCUT2D eigenvalue weighted by Crippen LogP contribution is -2.40. The monoisotopic (exact) mass is 362 g/mol. The Morgan fingerprint density at radius 3 is 2.70 bits per heavy atom. The highest BCUT2D eigenvalue weighted by molar-refractivity contribution is 5.98. The summed E-state index contributed by atoms with van der Waals surface area (Å²) in [4.78, 5) is 31.4. The van der Waals surface area contributed by atoms with Crippen molar-refractivity contribution in [2.24, 2.45) is 5.92 Å². The van der Waals surface area contributed by atoms with Crippen LogP contribution in [-0.4, -0.2) is 39.7 Å². The molecule has 1 N–H and O–H groups in total. The number of fused-ring (bicyclic) bond motifs is 1. The molecule has 0 saturated carbocycles. The molecular weight excluding hydrogens is 340 g/mol. The average Bonchev–Trinajstić information content (AvgIpc) is 3.04. The van der Waals surface area contributed by atoms with E-state index in [4.69, 9.17) is 4.98 Å². The Bertz CT molecular complexity index is 1010. The molecule has 1 unspecified atom stereocenters. The quantitative estimate of drug-likeness (QED) is 0.778. The summed E-state index contributed by atoms with van der Waals surface area (Å²) in [6, 6.07) is 13.7. The number of anilines is 1. The average molecular weight is 362 g/mol. The molecule has 0 spiro atoms. The van der Waals surface area contributed by atoms with Crippen molar-refractivity contribution in [2.45, 2.75) is 19.8 Å². The van der Waals surface area contributed by atoms with Crippen molar-refractivity contribution < 1.29 is 9.59 Å². The fraction of sp³-hybridized carbons (Fsp3) is 0.286. The smallest absolute Gasteiger partial charge is 0.229 e. The summed E-state index contributed by atoms with van der Waals surface area (Å²) < 4.78 is 1.91. The molecule has 27 heavy (non-hydrogen) atoms. The van der Waals surface area contributed by atoms with E-state index in [1.807, 2.05) is 60.0 Å². The Morgan fingerprint density at radius 2 is 1.96 bits per heavy atom. The number of carbonyl (C=O) groups is 2. The van der Waals surface area contributed by atoms with Gasteiger partial charge in [-0.3, -0.25) is 14.0 Å². The van der Waals surface area contributed by atoms with Gasteiger partial charge in [-0.25, -0.2) is 4.98 Å². The van der Waals surface area contributed by atoms with Crippen molar-refractivity contribution >= 4 is 23.3 Å². The Hall–Kier alpha value is -3.15. The van der Waals surface area contributed by atoms with Crippen LogP contribution in [0.5, 0.6) is 0 Å². The number of hydrogen-bond donors (Lipinski definition) is 1. The molecule has 1 aliphatic rings. The van der Waals surface area contributed by atoms with Crippen molar-refractivity contribution in [2.75, 3.05) is 18.9 Å². The van der Waals surface area contributed by atoms with Gasteiger partial charge < -0.3 is 10.2 Å². The molecule has 6 heteroatoms. The van der Waals surface area contributed by atoms with E-state index in [9.17, 15) is 9.59 Å². The largest absolute Gasteiger partial charge is 0.346 e. The predicted octanol–water partition coefficient (Wildman–Crippen LogP) is 3.12. The molecule has 2 aromatic heterocycles. The van der Waals surface area contributed by atoms with Gasteiger partial charge in [0.1, 0.15) is 17.2 Å². The lowest BCUT2D eigenvalue weighted by atomic mass is 9.95. The molecule has 1 fully saturated rings. The number of likely N-dealkylation sites (tertiary alicyclic amines) is 1. The summed E-state index contributed by atoms with van der Waals surface area (Å²) in [5.74, 6) is 0.222. The number of imidazole rings is 1. The van der Waals surface area contributed by atoms with Gasteiger partial charge >= 0.3 is 0 Å². The highest BCUT2D eigenvalue weighted by Gasteiger charge is 2.30. The molecule has 0 bridgehead atoms. The highest BCUT2D eigenvalue weighted by Crippen LogP contribution is 2.30. The van der Waals surface area contributed by atoms with E-state index in [1.165, 1.54) is 0 Å². The van der Waals surface area contributed by atoms with Crippen molar-refractivity contribution in [3.05, 3.63) is 54.2 Å². The van der Waals surface area contributed by atoms with Gasteiger partial charge in [-0.1, -0.05) is 36.4 Å². The van der Waals surface area contributed by atoms with Gasteiger partial charge in [0.15, 0.2) is 0 Å². The second kappa shape index (κ2) is 6.87. The van der Waals surface area contributed by atoms with E-state index in [1.54, 1.807) is 11.9 Å². The van der Waals surface area contributed by atoms with E-state index >= 15 is 0 Å². The summed E-state index contributed by atoms with van der Waals surface area (Å²) in [7, 11) is 1.78. The van der Waals surface area contributed by atoms with Crippen LogP contribution in [0, 0.1) is 12.8 Å². The summed E-state index contributed by atoms with van der Waals surface area (Å²) in [6.07, 6.45) is 2.82. The second-order valence-electron chi connectivity index (χ2n) is 7.05. The van der Waals surface area contributed by atoms with Gasteiger partial charge in [-0.15, -0.1) is 0 Å². The Morgan fingerprint density at radius 1 is 1.19 bits per heavy atom. The minimum Gasteiger partial charge on any atom is -0.346 e. The number of rotatable bonds is 3. The van der Waals surface area contributed by atoms with Crippen LogP contribution in [0.2, 0.25) is 0 Å². The molecule has 1 aromatic carbocycles. The van der Waals surface area contributed by atoms with Gasteiger partial charge in [-0.2, -0.15) is 0 Å². The van der Waals surface area contributed by atoms with Crippen molar-refractivity contribution in [3.63, 3.8) is 0 Å². The van der Waals surface area contributed by atoms with Gasteiger partial charge in [0.25, 0.3) is 0 Å². The predicted molar refractivity (Wildman–Crippen MR) is 104 cm³/mol. The van der Waals surface area contributed by atoms with E-state index in [0.717, 1.165) is 22.5 Å². The molecule has 138 valence electrons. The maximum Gasteiger partial charge on any atom is 0.229 e. The van der Waals surface area contributed by atoms with Crippen LogP contribution in [0.3, 0.4) is 0 Å². The molecule has 3 aromatic rings. The fourth-order valence-electron chi connectivity index (χ4n) is 3.51. The third-order valence-electron chi connectivity index (χ3n) is 5.16. The standard InChI is InChI=1S/C21H22N4O2/c1-14-7-6-11-25-19(14)22-18(15-8-4-3-5-9-15)20(25)23-21(27)16-10-12-24(2)17(26)13-16/h3-9,11,16H,10,12-13H2,1-2H3,(H,23,27). The number of pyridine rings is 1. The number of aryl methyl sites for hydroxylation is 1. The Kier molecular flexibility index (Phi) is 4.39. The fourth-order valence-corrected chi connectivity index (χ4v) is 3.51. The molecule has 6 nitrogen and oxygen atoms in total. The highest BCUT2D eigenvalue weighted by atomic mass is 16.2. The van der Waals surface area contributed by atoms with Crippen LogP contribution in [0.1, 0.15) is 18.4 Å². The number of carbonyl (C=O) groups excluding carboxylic acids is 2. The molecule has 1 saturated heterocycles. The second-order valence-corrected chi connectivity index (χ2v) is 7.05. The van der Waals surface area contributed by atoms with Crippen molar-refractivity contribution in [1.29, 1.82) is 0 Å². The molecular formula is C21H22N4O2. The van der Waals surface area contributed by atoms with E-state index in [0.29, 0.717) is 18.8 Å². The third kappa shape index (κ3) is 3.18. The number of hydrogen-bond acceptors (Lipinski definition) is 3. The lowest BCUT2D eigenvalue weighted by Gasteiger charge is -2.27. The van der Waals surface area contributed by atoms with Crippen LogP contribution >= 0.6 is 0 Å². The van der Waals surface area contributed by atoms with Crippen LogP contribution in [0.25, 0.3) is 16.9 Å². The molecule has 4 rings (SSSR count). The number of aromatic nitrogens is 2. The first kappa shape index (κ1) is 17.3. The molecule has 1 atom stereocenters. The third-order valence-corrected chi connectivity index (χ3v) is 5.16. The zero-order valence-electron chi connectivity index (χ0n) is 15.5. The van der Waals surface area contributed by atoms with Gasteiger partial charge in [0.2, 0.25) is 11.8 Å². The Labute approximate surface area is 157 Å². The maximum atomic E-state index is 12.9. The minimum atomic E-state index is -0.312. The molecule has 0 aliphatic carbocycles. The van der Waals surface area contributed by atoms with E-state index in [2.05, 4.69) is 5.32 Å². The maximum absolute atomic E-state index is 12.9. The Balaban J connectivity index is 1.73. The lowest BCUT2D eigenvalue weighted by molar-refractivity contribution is -0.137. The van der Waals surface area contributed by atoms with Crippen molar-refractivity contribution in [1.82, 2.24) is 14.3 Å². The minimum absolute atomic E-state index is 0.0127. The van der Waals surface area contributed by atoms with Crippen LogP contribution in [0.15, 0.2) is 48.7 Å². The number of benzene rings is 1. The molecule has 2 amide bonds. The summed E-state index contributed by atoms with van der Waals surface area (Å²) >= 11 is 0. The molecule has 3 heterocycles. The number of nitrogens with one attached hydrogen (secondary N) is 1. The summed E-state index contributed by atoms with van der Waals surface area (Å²) in [5.41, 5.74) is 3.52. The summed E-state index contributed by atoms with van der Waals surface area (Å²) in [5, 5.41) is 3.06. The molecule has 1 aliphatic heterocycles. The van der Waals surface area contributed by atoms with Crippen LogP contribution in [-0.2, 0) is 9.59 Å². The van der Waals surface area contributed by atoms with Crippen LogP contribution in [0.4, 0.5) is 5.82 Å². The van der Waals surface area contributed by atoms with Gasteiger partial charge in [0, 0.05) is 37.7 Å². The molecule has 0 radical (unpaired) electrons. The van der Waals surface area contributed by atoms with Gasteiger partial charge in [-0.05, 0) is 25.0 Å². The summed E-state index contributed by atoms with van der Waals surface area (Å²) in [6.45, 7) is 2.60.